The van der Waals surface area contributed by atoms with Crippen molar-refractivity contribution in [1.82, 2.24) is 0 Å². The first kappa shape index (κ1) is 10.8. The lowest BCUT2D eigenvalue weighted by Crippen LogP contribution is -2.02. The highest BCUT2D eigenvalue weighted by Crippen LogP contribution is 2.28. The van der Waals surface area contributed by atoms with Gasteiger partial charge in [0.15, 0.2) is 0 Å². The van der Waals surface area contributed by atoms with Gasteiger partial charge in [0, 0.05) is 11.6 Å². The van der Waals surface area contributed by atoms with Gasteiger partial charge < -0.3 is 9.26 Å². The molecule has 0 N–H and O–H groups in total. The van der Waals surface area contributed by atoms with Gasteiger partial charge in [-0.15, -0.1) is 0 Å². The van der Waals surface area contributed by atoms with E-state index in [-0.39, 0.29) is 0 Å². The molecule has 5 heteroatoms. The lowest BCUT2D eigenvalue weighted by Gasteiger charge is -2.07. The van der Waals surface area contributed by atoms with Crippen LogP contribution in [0.3, 0.4) is 0 Å². The van der Waals surface area contributed by atoms with Crippen molar-refractivity contribution in [1.29, 1.82) is 0 Å². The first-order chi connectivity index (χ1) is 6.19. The van der Waals surface area contributed by atoms with Crippen molar-refractivity contribution in [2.45, 2.75) is 0 Å². The van der Waals surface area contributed by atoms with Crippen molar-refractivity contribution in [2.24, 2.45) is 0 Å². The summed E-state index contributed by atoms with van der Waals surface area (Å²) in [5.74, 6) is 0.592. The SMILES string of the molecule is COc1ccc(Br)cc1[PH](=O)OC. The number of benzene rings is 1. The molecule has 0 saturated heterocycles. The second-order valence-corrected chi connectivity index (χ2v) is 4.77. The Kier molecular flexibility index (Phi) is 3.97. The van der Waals surface area contributed by atoms with Gasteiger partial charge >= 0.3 is 0 Å². The number of hydrogen-bond donors (Lipinski definition) is 0. The summed E-state index contributed by atoms with van der Waals surface area (Å²) in [6, 6.07) is 5.32. The first-order valence-electron chi connectivity index (χ1n) is 3.61. The summed E-state index contributed by atoms with van der Waals surface area (Å²) in [5, 5.41) is 0.601. The molecule has 13 heavy (non-hydrogen) atoms. The second kappa shape index (κ2) is 4.80. The largest absolute Gasteiger partial charge is 0.496 e. The molecule has 0 radical (unpaired) electrons. The Morgan fingerprint density at radius 2 is 2.08 bits per heavy atom. The van der Waals surface area contributed by atoms with Gasteiger partial charge in [-0.2, -0.15) is 0 Å². The topological polar surface area (TPSA) is 35.5 Å². The molecule has 1 rings (SSSR count). The Labute approximate surface area is 86.0 Å². The zero-order valence-electron chi connectivity index (χ0n) is 7.33. The van der Waals surface area contributed by atoms with Crippen LogP contribution in [0.15, 0.2) is 22.7 Å². The van der Waals surface area contributed by atoms with Crippen LogP contribution < -0.4 is 10.0 Å². The smallest absolute Gasteiger partial charge is 0.224 e. The maximum Gasteiger partial charge on any atom is 0.224 e. The molecule has 1 aromatic rings. The maximum atomic E-state index is 11.4. The molecule has 1 unspecified atom stereocenters. The van der Waals surface area contributed by atoms with E-state index in [1.807, 2.05) is 6.07 Å². The molecular weight excluding hydrogens is 255 g/mol. The average Bonchev–Trinajstić information content (AvgIpc) is 2.16. The standard InChI is InChI=1S/C8H10BrO3P/c1-11-7-4-3-6(9)5-8(7)13(10)12-2/h3-5,13H,1-2H3. The molecule has 3 nitrogen and oxygen atoms in total. The van der Waals surface area contributed by atoms with Crippen molar-refractivity contribution in [3.8, 4) is 5.75 Å². The Balaban J connectivity index is 3.15. The Hall–Kier alpha value is -0.310. The van der Waals surface area contributed by atoms with Gasteiger partial charge in [0.2, 0.25) is 8.03 Å². The van der Waals surface area contributed by atoms with Crippen molar-refractivity contribution in [3.63, 3.8) is 0 Å². The summed E-state index contributed by atoms with van der Waals surface area (Å²) in [5.41, 5.74) is 0. The van der Waals surface area contributed by atoms with Gasteiger partial charge in [0.1, 0.15) is 5.75 Å². The number of halogens is 1. The summed E-state index contributed by atoms with van der Waals surface area (Å²) in [6.07, 6.45) is 0. The molecule has 0 bridgehead atoms. The molecule has 0 heterocycles. The van der Waals surface area contributed by atoms with Gasteiger partial charge in [-0.3, -0.25) is 4.57 Å². The van der Waals surface area contributed by atoms with Gasteiger partial charge in [-0.25, -0.2) is 0 Å². The third-order valence-corrected chi connectivity index (χ3v) is 3.26. The van der Waals surface area contributed by atoms with Crippen LogP contribution in [0.2, 0.25) is 0 Å². The van der Waals surface area contributed by atoms with Gasteiger partial charge in [-0.05, 0) is 18.2 Å². The van der Waals surface area contributed by atoms with Gasteiger partial charge in [0.25, 0.3) is 0 Å². The molecule has 1 aromatic carbocycles. The zero-order chi connectivity index (χ0) is 9.84. The summed E-state index contributed by atoms with van der Waals surface area (Å²) >= 11 is 3.29. The monoisotopic (exact) mass is 264 g/mol. The fourth-order valence-electron chi connectivity index (χ4n) is 0.950. The lowest BCUT2D eigenvalue weighted by molar-refractivity contribution is 0.408. The van der Waals surface area contributed by atoms with Crippen molar-refractivity contribution in [3.05, 3.63) is 22.7 Å². The van der Waals surface area contributed by atoms with Crippen LogP contribution in [-0.2, 0) is 9.09 Å². The fourth-order valence-corrected chi connectivity index (χ4v) is 2.40. The normalized spacial score (nSPS) is 12.5. The number of ether oxygens (including phenoxy) is 1. The average molecular weight is 265 g/mol. The van der Waals surface area contributed by atoms with Crippen LogP contribution in [-0.4, -0.2) is 14.2 Å². The van der Waals surface area contributed by atoms with E-state index in [0.29, 0.717) is 11.1 Å². The zero-order valence-corrected chi connectivity index (χ0v) is 9.92. The number of methoxy groups -OCH3 is 1. The first-order valence-corrected chi connectivity index (χ1v) is 5.72. The van der Waals surface area contributed by atoms with Crippen molar-refractivity contribution >= 4 is 29.3 Å². The molecule has 0 spiro atoms. The van der Waals surface area contributed by atoms with Crippen molar-refractivity contribution in [2.75, 3.05) is 14.2 Å². The fraction of sp³-hybridized carbons (Fsp3) is 0.250. The van der Waals surface area contributed by atoms with E-state index in [2.05, 4.69) is 15.9 Å². The van der Waals surface area contributed by atoms with Crippen LogP contribution >= 0.6 is 24.0 Å². The second-order valence-electron chi connectivity index (χ2n) is 2.34. The predicted molar refractivity (Wildman–Crippen MR) is 56.3 cm³/mol. The minimum atomic E-state index is -2.18. The van der Waals surface area contributed by atoms with Crippen LogP contribution in [0.1, 0.15) is 0 Å². The van der Waals surface area contributed by atoms with Crippen LogP contribution in [0.4, 0.5) is 0 Å². The molecule has 0 aliphatic heterocycles. The Bertz CT molecular complexity index is 327. The highest BCUT2D eigenvalue weighted by Gasteiger charge is 2.09. The third kappa shape index (κ3) is 2.56. The van der Waals surface area contributed by atoms with Gasteiger partial charge in [-0.1, -0.05) is 15.9 Å². The minimum Gasteiger partial charge on any atom is -0.496 e. The van der Waals surface area contributed by atoms with Crippen LogP contribution in [0.5, 0.6) is 5.75 Å². The number of rotatable bonds is 3. The molecule has 0 amide bonds. The highest BCUT2D eigenvalue weighted by atomic mass is 79.9. The maximum absolute atomic E-state index is 11.4. The minimum absolute atomic E-state index is 0.592. The van der Waals surface area contributed by atoms with E-state index in [0.717, 1.165) is 4.47 Å². The molecule has 0 aliphatic carbocycles. The Morgan fingerprint density at radius 1 is 1.38 bits per heavy atom. The van der Waals surface area contributed by atoms with E-state index >= 15 is 0 Å². The summed E-state index contributed by atoms with van der Waals surface area (Å²) in [6.45, 7) is 0. The van der Waals surface area contributed by atoms with E-state index < -0.39 is 8.03 Å². The van der Waals surface area contributed by atoms with E-state index in [1.165, 1.54) is 14.2 Å². The summed E-state index contributed by atoms with van der Waals surface area (Å²) in [7, 11) is 0.782. The molecule has 0 saturated carbocycles. The molecule has 0 fully saturated rings. The predicted octanol–water partition coefficient (Wildman–Crippen LogP) is 2.20. The number of hydrogen-bond acceptors (Lipinski definition) is 3. The van der Waals surface area contributed by atoms with Gasteiger partial charge in [0.05, 0.1) is 12.4 Å². The van der Waals surface area contributed by atoms with E-state index in [4.69, 9.17) is 9.26 Å². The van der Waals surface area contributed by atoms with Crippen LogP contribution in [0.25, 0.3) is 0 Å². The summed E-state index contributed by atoms with van der Waals surface area (Å²) in [4.78, 5) is 0. The quantitative estimate of drug-likeness (QED) is 0.786. The molecule has 0 aliphatic rings. The third-order valence-electron chi connectivity index (χ3n) is 1.57. The van der Waals surface area contributed by atoms with E-state index in [1.54, 1.807) is 12.1 Å². The Morgan fingerprint density at radius 3 is 2.62 bits per heavy atom. The molecule has 1 atom stereocenters. The lowest BCUT2D eigenvalue weighted by atomic mass is 10.3. The highest BCUT2D eigenvalue weighted by molar-refractivity contribution is 9.10. The molecule has 0 aromatic heterocycles. The molecular formula is C8H10BrO3P. The van der Waals surface area contributed by atoms with Crippen LogP contribution in [0, 0.1) is 0 Å². The van der Waals surface area contributed by atoms with Crippen molar-refractivity contribution < 1.29 is 13.8 Å². The summed E-state index contributed by atoms with van der Waals surface area (Å²) < 4.78 is 22.1. The van der Waals surface area contributed by atoms with E-state index in [9.17, 15) is 4.57 Å². The molecule has 72 valence electrons.